The standard InChI is InChI=1S/C6H4O7S/c7-1-2(8)5(10)13-4(1)3(9)6(11)14-12/h2,4,8,12H/t2?,4-/m0/s1. The van der Waals surface area contributed by atoms with Gasteiger partial charge in [0, 0.05) is 0 Å². The Balaban J connectivity index is 2.82. The Morgan fingerprint density at radius 2 is 1.93 bits per heavy atom. The van der Waals surface area contributed by atoms with Gasteiger partial charge in [0.15, 0.2) is 0 Å². The van der Waals surface area contributed by atoms with Crippen LogP contribution in [0.2, 0.25) is 0 Å². The van der Waals surface area contributed by atoms with E-state index in [-0.39, 0.29) is 12.0 Å². The minimum atomic E-state index is -2.03. The highest BCUT2D eigenvalue weighted by Crippen LogP contribution is 2.14. The van der Waals surface area contributed by atoms with Crippen molar-refractivity contribution >= 4 is 34.7 Å². The Morgan fingerprint density at radius 3 is 2.29 bits per heavy atom. The number of esters is 1. The molecular formula is C6H4O7S. The smallest absolute Gasteiger partial charge is 0.344 e. The topological polar surface area (TPSA) is 118 Å². The van der Waals surface area contributed by atoms with E-state index in [4.69, 9.17) is 9.66 Å². The Hall–Kier alpha value is -1.25. The van der Waals surface area contributed by atoms with Crippen LogP contribution in [0, 0.1) is 0 Å². The van der Waals surface area contributed by atoms with Crippen LogP contribution in [0.5, 0.6) is 0 Å². The number of cyclic esters (lactones) is 1. The lowest BCUT2D eigenvalue weighted by atomic mass is 10.1. The van der Waals surface area contributed by atoms with Gasteiger partial charge in [-0.25, -0.2) is 4.79 Å². The number of carbonyl (C=O) groups excluding carboxylic acids is 4. The monoisotopic (exact) mass is 220 g/mol. The summed E-state index contributed by atoms with van der Waals surface area (Å²) >= 11 is -0.389. The van der Waals surface area contributed by atoms with Gasteiger partial charge < -0.3 is 14.4 Å². The summed E-state index contributed by atoms with van der Waals surface area (Å²) in [4.78, 5) is 43.0. The minimum absolute atomic E-state index is 0.389. The molecule has 1 saturated heterocycles. The second kappa shape index (κ2) is 3.86. The normalized spacial score (nSPS) is 26.1. The SMILES string of the molecule is O=C(SO)C(=O)[C@H]1OC(=O)C(O)C1=O. The Morgan fingerprint density at radius 1 is 1.36 bits per heavy atom. The van der Waals surface area contributed by atoms with Gasteiger partial charge in [-0.1, -0.05) is 0 Å². The lowest BCUT2D eigenvalue weighted by Crippen LogP contribution is -2.34. The molecule has 76 valence electrons. The van der Waals surface area contributed by atoms with E-state index in [9.17, 15) is 19.2 Å². The molecule has 1 unspecified atom stereocenters. The van der Waals surface area contributed by atoms with Gasteiger partial charge in [0.2, 0.25) is 18.0 Å². The Kier molecular flexibility index (Phi) is 2.99. The van der Waals surface area contributed by atoms with Crippen LogP contribution in [0.1, 0.15) is 0 Å². The molecule has 1 fully saturated rings. The fourth-order valence-electron chi connectivity index (χ4n) is 0.833. The van der Waals surface area contributed by atoms with E-state index in [1.165, 1.54) is 0 Å². The largest absolute Gasteiger partial charge is 0.443 e. The van der Waals surface area contributed by atoms with Crippen molar-refractivity contribution in [2.24, 2.45) is 0 Å². The number of ketones is 2. The van der Waals surface area contributed by atoms with Crippen molar-refractivity contribution in [2.75, 3.05) is 0 Å². The van der Waals surface area contributed by atoms with Gasteiger partial charge in [-0.05, 0) is 0 Å². The van der Waals surface area contributed by atoms with Gasteiger partial charge in [-0.15, -0.1) is 0 Å². The molecule has 0 aromatic heterocycles. The van der Waals surface area contributed by atoms with Crippen LogP contribution in [0.25, 0.3) is 0 Å². The third-order valence-electron chi connectivity index (χ3n) is 1.51. The molecule has 1 rings (SSSR count). The molecule has 2 N–H and O–H groups in total. The van der Waals surface area contributed by atoms with Crippen molar-refractivity contribution in [3.63, 3.8) is 0 Å². The van der Waals surface area contributed by atoms with Crippen LogP contribution in [0.4, 0.5) is 0 Å². The maximum atomic E-state index is 10.9. The lowest BCUT2D eigenvalue weighted by Gasteiger charge is -2.02. The van der Waals surface area contributed by atoms with Gasteiger partial charge in [0.25, 0.3) is 10.9 Å². The number of ether oxygens (including phenoxy) is 1. The fourth-order valence-corrected chi connectivity index (χ4v) is 1.03. The first-order chi connectivity index (χ1) is 6.49. The fraction of sp³-hybridized carbons (Fsp3) is 0.333. The quantitative estimate of drug-likeness (QED) is 0.241. The summed E-state index contributed by atoms with van der Waals surface area (Å²) in [6, 6.07) is 0. The van der Waals surface area contributed by atoms with E-state index < -0.39 is 34.9 Å². The van der Waals surface area contributed by atoms with Gasteiger partial charge in [-0.3, -0.25) is 14.4 Å². The molecule has 0 saturated carbocycles. The second-order valence-corrected chi connectivity index (χ2v) is 2.92. The van der Waals surface area contributed by atoms with Crippen molar-refractivity contribution in [3.05, 3.63) is 0 Å². The summed E-state index contributed by atoms with van der Waals surface area (Å²) in [5, 5.41) is 7.45. The predicted molar refractivity (Wildman–Crippen MR) is 41.1 cm³/mol. The predicted octanol–water partition coefficient (Wildman–Crippen LogP) is -1.86. The zero-order valence-electron chi connectivity index (χ0n) is 6.50. The van der Waals surface area contributed by atoms with E-state index in [1.807, 2.05) is 0 Å². The molecule has 8 heteroatoms. The summed E-state index contributed by atoms with van der Waals surface area (Å²) in [5.41, 5.74) is 0. The van der Waals surface area contributed by atoms with Crippen LogP contribution in [0.15, 0.2) is 0 Å². The number of aliphatic hydroxyl groups is 1. The summed E-state index contributed by atoms with van der Waals surface area (Å²) in [5.74, 6) is -3.83. The van der Waals surface area contributed by atoms with E-state index in [0.717, 1.165) is 0 Å². The van der Waals surface area contributed by atoms with Gasteiger partial charge in [-0.2, -0.15) is 0 Å². The molecule has 0 radical (unpaired) electrons. The summed E-state index contributed by atoms with van der Waals surface area (Å²) < 4.78 is 12.4. The van der Waals surface area contributed by atoms with Crippen molar-refractivity contribution in [2.45, 2.75) is 12.2 Å². The number of Topliss-reactive ketones (excluding diaryl/α,β-unsaturated/α-hetero) is 2. The molecule has 2 atom stereocenters. The van der Waals surface area contributed by atoms with Crippen molar-refractivity contribution in [1.29, 1.82) is 0 Å². The number of rotatable bonds is 2. The minimum Gasteiger partial charge on any atom is -0.443 e. The average molecular weight is 220 g/mol. The van der Waals surface area contributed by atoms with Crippen LogP contribution in [-0.2, 0) is 23.9 Å². The highest BCUT2D eigenvalue weighted by Gasteiger charge is 2.48. The molecular weight excluding hydrogens is 216 g/mol. The third-order valence-corrected chi connectivity index (χ3v) is 1.87. The first-order valence-electron chi connectivity index (χ1n) is 3.31. The summed E-state index contributed by atoms with van der Waals surface area (Å²) in [7, 11) is 0. The molecule has 1 heterocycles. The van der Waals surface area contributed by atoms with E-state index >= 15 is 0 Å². The second-order valence-electron chi connectivity index (χ2n) is 2.36. The Bertz CT molecular complexity index is 322. The highest BCUT2D eigenvalue weighted by molar-refractivity contribution is 8.10. The van der Waals surface area contributed by atoms with Crippen LogP contribution < -0.4 is 0 Å². The molecule has 0 aromatic carbocycles. The van der Waals surface area contributed by atoms with Crippen LogP contribution >= 0.6 is 12.0 Å². The van der Waals surface area contributed by atoms with E-state index in [2.05, 4.69) is 4.74 Å². The third kappa shape index (κ3) is 1.67. The molecule has 0 spiro atoms. The van der Waals surface area contributed by atoms with Crippen molar-refractivity contribution in [1.82, 2.24) is 0 Å². The molecule has 7 nitrogen and oxygen atoms in total. The molecule has 0 bridgehead atoms. The van der Waals surface area contributed by atoms with Gasteiger partial charge in [0.05, 0.1) is 12.0 Å². The number of aliphatic hydroxyl groups excluding tert-OH is 1. The van der Waals surface area contributed by atoms with Crippen molar-refractivity contribution in [3.8, 4) is 0 Å². The average Bonchev–Trinajstić information content (AvgIpc) is 2.43. The summed E-state index contributed by atoms with van der Waals surface area (Å²) in [6.07, 6.45) is -3.95. The first kappa shape index (κ1) is 10.8. The molecule has 0 aromatic rings. The zero-order valence-corrected chi connectivity index (χ0v) is 7.32. The maximum absolute atomic E-state index is 10.9. The highest BCUT2D eigenvalue weighted by atomic mass is 32.2. The Labute approximate surface area is 81.2 Å². The maximum Gasteiger partial charge on any atom is 0.344 e. The number of hydrogen-bond acceptors (Lipinski definition) is 8. The molecule has 14 heavy (non-hydrogen) atoms. The van der Waals surface area contributed by atoms with Gasteiger partial charge >= 0.3 is 5.97 Å². The van der Waals surface area contributed by atoms with E-state index in [1.54, 1.807) is 0 Å². The lowest BCUT2D eigenvalue weighted by molar-refractivity contribution is -0.152. The van der Waals surface area contributed by atoms with E-state index in [0.29, 0.717) is 0 Å². The van der Waals surface area contributed by atoms with Crippen LogP contribution in [-0.4, -0.2) is 44.5 Å². The molecule has 1 aliphatic rings. The first-order valence-corrected chi connectivity index (χ1v) is 4.08. The zero-order chi connectivity index (χ0) is 10.9. The summed E-state index contributed by atoms with van der Waals surface area (Å²) in [6.45, 7) is 0. The van der Waals surface area contributed by atoms with Crippen LogP contribution in [0.3, 0.4) is 0 Å². The molecule has 1 aliphatic heterocycles. The van der Waals surface area contributed by atoms with Gasteiger partial charge in [0.1, 0.15) is 0 Å². The molecule has 0 aliphatic carbocycles. The molecule has 0 amide bonds. The number of hydrogen-bond donors (Lipinski definition) is 2. The van der Waals surface area contributed by atoms with Crippen molar-refractivity contribution < 1.29 is 33.6 Å². The number of carbonyl (C=O) groups is 4.